The Hall–Kier alpha value is -2.42. The van der Waals surface area contributed by atoms with Crippen LogP contribution in [0.5, 0.6) is 17.2 Å². The van der Waals surface area contributed by atoms with Crippen LogP contribution in [0.1, 0.15) is 16.7 Å². The molecular formula is C18H18O3. The molecule has 2 aromatic carbocycles. The van der Waals surface area contributed by atoms with Crippen LogP contribution < -0.4 is 14.2 Å². The van der Waals surface area contributed by atoms with Gasteiger partial charge < -0.3 is 14.2 Å². The zero-order chi connectivity index (χ0) is 14.7. The van der Waals surface area contributed by atoms with Gasteiger partial charge in [-0.05, 0) is 53.8 Å². The van der Waals surface area contributed by atoms with Gasteiger partial charge in [-0.1, -0.05) is 18.2 Å². The van der Waals surface area contributed by atoms with Crippen molar-refractivity contribution in [2.45, 2.75) is 12.8 Å². The lowest BCUT2D eigenvalue weighted by molar-refractivity contribution is 0.174. The molecule has 2 aromatic rings. The first-order valence-corrected chi connectivity index (χ1v) is 6.95. The Bertz CT molecular complexity index is 644. The highest BCUT2D eigenvalue weighted by Crippen LogP contribution is 2.36. The first-order valence-electron chi connectivity index (χ1n) is 6.95. The monoisotopic (exact) mass is 282 g/mol. The Morgan fingerprint density at radius 3 is 2.38 bits per heavy atom. The Morgan fingerprint density at radius 2 is 1.76 bits per heavy atom. The van der Waals surface area contributed by atoms with Crippen LogP contribution in [0.4, 0.5) is 0 Å². The van der Waals surface area contributed by atoms with Gasteiger partial charge >= 0.3 is 0 Å². The third kappa shape index (κ3) is 2.87. The summed E-state index contributed by atoms with van der Waals surface area (Å²) >= 11 is 0. The number of benzene rings is 2. The van der Waals surface area contributed by atoms with Gasteiger partial charge in [0.2, 0.25) is 6.79 Å². The van der Waals surface area contributed by atoms with Crippen LogP contribution in [0.25, 0.3) is 0 Å². The van der Waals surface area contributed by atoms with E-state index in [1.165, 1.54) is 16.7 Å². The van der Waals surface area contributed by atoms with Gasteiger partial charge in [0, 0.05) is 0 Å². The molecule has 0 aromatic heterocycles. The molecule has 0 unspecified atom stereocenters. The minimum atomic E-state index is 0.300. The van der Waals surface area contributed by atoms with Crippen molar-refractivity contribution in [1.29, 1.82) is 0 Å². The quantitative estimate of drug-likeness (QED) is 0.782. The van der Waals surface area contributed by atoms with Crippen molar-refractivity contribution in [3.63, 3.8) is 0 Å². The summed E-state index contributed by atoms with van der Waals surface area (Å²) in [6.45, 7) is 4.13. The maximum absolute atomic E-state index is 5.48. The van der Waals surface area contributed by atoms with Gasteiger partial charge in [-0.15, -0.1) is 6.58 Å². The Kier molecular flexibility index (Phi) is 3.82. The summed E-state index contributed by atoms with van der Waals surface area (Å²) in [4.78, 5) is 0. The predicted molar refractivity (Wildman–Crippen MR) is 82.3 cm³/mol. The van der Waals surface area contributed by atoms with E-state index in [-0.39, 0.29) is 0 Å². The van der Waals surface area contributed by atoms with Gasteiger partial charge in [0.05, 0.1) is 7.11 Å². The minimum Gasteiger partial charge on any atom is -0.497 e. The Morgan fingerprint density at radius 1 is 1.10 bits per heavy atom. The number of rotatable bonds is 5. The van der Waals surface area contributed by atoms with E-state index < -0.39 is 0 Å². The molecule has 0 saturated heterocycles. The van der Waals surface area contributed by atoms with Crippen molar-refractivity contribution in [2.75, 3.05) is 13.9 Å². The fourth-order valence-electron chi connectivity index (χ4n) is 2.50. The highest BCUT2D eigenvalue weighted by atomic mass is 16.7. The summed E-state index contributed by atoms with van der Waals surface area (Å²) in [5, 5.41) is 0. The first-order chi connectivity index (χ1) is 10.3. The molecule has 0 spiro atoms. The van der Waals surface area contributed by atoms with E-state index in [1.807, 2.05) is 18.2 Å². The van der Waals surface area contributed by atoms with Crippen LogP contribution in [0.3, 0.4) is 0 Å². The van der Waals surface area contributed by atoms with Gasteiger partial charge in [0.15, 0.2) is 11.5 Å². The number of fused-ring (bicyclic) bond motifs is 1. The topological polar surface area (TPSA) is 27.7 Å². The highest BCUT2D eigenvalue weighted by Gasteiger charge is 2.16. The van der Waals surface area contributed by atoms with Crippen LogP contribution in [0.2, 0.25) is 0 Å². The second-order valence-electron chi connectivity index (χ2n) is 4.99. The fraction of sp³-hybridized carbons (Fsp3) is 0.222. The third-order valence-electron chi connectivity index (χ3n) is 3.61. The molecule has 0 amide bonds. The zero-order valence-electron chi connectivity index (χ0n) is 12.1. The average molecular weight is 282 g/mol. The number of hydrogen-bond acceptors (Lipinski definition) is 3. The number of hydrogen-bond donors (Lipinski definition) is 0. The molecule has 0 atom stereocenters. The molecule has 21 heavy (non-hydrogen) atoms. The van der Waals surface area contributed by atoms with Crippen LogP contribution in [-0.2, 0) is 12.8 Å². The Labute approximate surface area is 124 Å². The molecule has 0 radical (unpaired) electrons. The molecule has 0 N–H and O–H groups in total. The van der Waals surface area contributed by atoms with Crippen molar-refractivity contribution >= 4 is 0 Å². The summed E-state index contributed by atoms with van der Waals surface area (Å²) < 4.78 is 16.1. The molecule has 0 aliphatic carbocycles. The first kappa shape index (κ1) is 13.6. The lowest BCUT2D eigenvalue weighted by atomic mass is 9.97. The van der Waals surface area contributed by atoms with Crippen LogP contribution in [-0.4, -0.2) is 13.9 Å². The second kappa shape index (κ2) is 5.92. The number of allylic oxidation sites excluding steroid dienone is 1. The summed E-state index contributed by atoms with van der Waals surface area (Å²) in [5.41, 5.74) is 3.70. The van der Waals surface area contributed by atoms with Crippen molar-refractivity contribution < 1.29 is 14.2 Å². The predicted octanol–water partition coefficient (Wildman–Crippen LogP) is 3.74. The molecule has 0 saturated carbocycles. The largest absolute Gasteiger partial charge is 0.497 e. The van der Waals surface area contributed by atoms with Gasteiger partial charge in [-0.2, -0.15) is 0 Å². The van der Waals surface area contributed by atoms with Gasteiger partial charge in [-0.25, -0.2) is 0 Å². The molecule has 3 rings (SSSR count). The average Bonchev–Trinajstić information content (AvgIpc) is 2.96. The lowest BCUT2D eigenvalue weighted by Gasteiger charge is -2.10. The molecule has 1 aliphatic rings. The molecule has 108 valence electrons. The fourth-order valence-corrected chi connectivity index (χ4v) is 2.50. The van der Waals surface area contributed by atoms with Crippen molar-refractivity contribution in [3.05, 3.63) is 65.7 Å². The lowest BCUT2D eigenvalue weighted by Crippen LogP contribution is -1.96. The van der Waals surface area contributed by atoms with Crippen LogP contribution in [0, 0.1) is 0 Å². The smallest absolute Gasteiger partial charge is 0.231 e. The van der Waals surface area contributed by atoms with Crippen molar-refractivity contribution in [1.82, 2.24) is 0 Å². The highest BCUT2D eigenvalue weighted by molar-refractivity contribution is 5.50. The number of ether oxygens (including phenoxy) is 3. The Balaban J connectivity index is 1.90. The maximum atomic E-state index is 5.48. The molecule has 3 heteroatoms. The van der Waals surface area contributed by atoms with E-state index in [2.05, 4.69) is 30.8 Å². The summed E-state index contributed by atoms with van der Waals surface area (Å²) in [7, 11) is 1.68. The third-order valence-corrected chi connectivity index (χ3v) is 3.61. The van der Waals surface area contributed by atoms with Crippen LogP contribution >= 0.6 is 0 Å². The second-order valence-corrected chi connectivity index (χ2v) is 4.99. The van der Waals surface area contributed by atoms with E-state index in [4.69, 9.17) is 14.2 Å². The standard InChI is InChI=1S/C18H18O3/c1-3-4-14-10-17-18(21-12-20-17)11-15(14)9-13-5-7-16(19-2)8-6-13/h3,5-8,10-11H,1,4,9,12H2,2H3. The summed E-state index contributed by atoms with van der Waals surface area (Å²) in [5.74, 6) is 2.52. The van der Waals surface area contributed by atoms with Crippen LogP contribution in [0.15, 0.2) is 49.1 Å². The van der Waals surface area contributed by atoms with E-state index >= 15 is 0 Å². The molecule has 0 fully saturated rings. The van der Waals surface area contributed by atoms with Crippen molar-refractivity contribution in [2.24, 2.45) is 0 Å². The van der Waals surface area contributed by atoms with E-state index in [0.717, 1.165) is 30.1 Å². The summed E-state index contributed by atoms with van der Waals surface area (Å²) in [6, 6.07) is 12.3. The van der Waals surface area contributed by atoms with E-state index in [0.29, 0.717) is 6.79 Å². The van der Waals surface area contributed by atoms with Gasteiger partial charge in [0.25, 0.3) is 0 Å². The SMILES string of the molecule is C=CCc1cc2c(cc1Cc1ccc(OC)cc1)OCO2. The van der Waals surface area contributed by atoms with Gasteiger partial charge in [-0.3, -0.25) is 0 Å². The molecule has 0 bridgehead atoms. The minimum absolute atomic E-state index is 0.300. The van der Waals surface area contributed by atoms with E-state index in [1.54, 1.807) is 7.11 Å². The number of methoxy groups -OCH3 is 1. The van der Waals surface area contributed by atoms with Crippen molar-refractivity contribution in [3.8, 4) is 17.2 Å². The normalized spacial score (nSPS) is 12.2. The van der Waals surface area contributed by atoms with E-state index in [9.17, 15) is 0 Å². The molecule has 1 aliphatic heterocycles. The molecule has 3 nitrogen and oxygen atoms in total. The summed E-state index contributed by atoms with van der Waals surface area (Å²) in [6.07, 6.45) is 3.58. The molecular weight excluding hydrogens is 264 g/mol. The zero-order valence-corrected chi connectivity index (χ0v) is 12.1. The molecule has 1 heterocycles. The van der Waals surface area contributed by atoms with Gasteiger partial charge in [0.1, 0.15) is 5.75 Å². The maximum Gasteiger partial charge on any atom is 0.231 e.